The average Bonchev–Trinajstić information content (AvgIpc) is 3.14. The predicted octanol–water partition coefficient (Wildman–Crippen LogP) is 2.93. The monoisotopic (exact) mass is 364 g/mol. The molecule has 0 aliphatic heterocycles. The van der Waals surface area contributed by atoms with Crippen LogP contribution < -0.4 is 10.1 Å². The van der Waals surface area contributed by atoms with Crippen LogP contribution >= 0.6 is 11.3 Å². The van der Waals surface area contributed by atoms with Gasteiger partial charge in [-0.15, -0.1) is 11.3 Å². The van der Waals surface area contributed by atoms with Gasteiger partial charge in [-0.1, -0.05) is 6.07 Å². The third kappa shape index (κ3) is 6.54. The maximum atomic E-state index is 12.8. The fourth-order valence-electron chi connectivity index (χ4n) is 2.08. The number of hydrogen-bond donors (Lipinski definition) is 1. The molecule has 2 rings (SSSR count). The van der Waals surface area contributed by atoms with Crippen LogP contribution in [0.3, 0.4) is 0 Å². The number of carbonyl (C=O) groups is 2. The first-order valence-electron chi connectivity index (χ1n) is 8.00. The summed E-state index contributed by atoms with van der Waals surface area (Å²) in [5.74, 6) is 0.140. The molecule has 134 valence electrons. The summed E-state index contributed by atoms with van der Waals surface area (Å²) < 4.78 is 18.3. The van der Waals surface area contributed by atoms with Crippen molar-refractivity contribution in [2.24, 2.45) is 0 Å². The quantitative estimate of drug-likeness (QED) is 0.696. The Bertz CT molecular complexity index is 674. The van der Waals surface area contributed by atoms with E-state index in [2.05, 4.69) is 5.32 Å². The first-order chi connectivity index (χ1) is 12.1. The van der Waals surface area contributed by atoms with Gasteiger partial charge in [-0.05, 0) is 42.1 Å². The normalized spacial score (nSPS) is 10.3. The number of likely N-dealkylation sites (N-methyl/N-ethyl adjacent to an activating group) is 1. The van der Waals surface area contributed by atoms with Crippen LogP contribution in [0.1, 0.15) is 22.5 Å². The molecule has 7 heteroatoms. The molecule has 0 saturated heterocycles. The topological polar surface area (TPSA) is 58.6 Å². The molecule has 1 heterocycles. The van der Waals surface area contributed by atoms with Gasteiger partial charge in [0, 0.05) is 20.0 Å². The van der Waals surface area contributed by atoms with Gasteiger partial charge in [0.2, 0.25) is 5.91 Å². The molecule has 0 fully saturated rings. The highest BCUT2D eigenvalue weighted by atomic mass is 32.1. The number of benzene rings is 1. The van der Waals surface area contributed by atoms with Crippen molar-refractivity contribution in [3.63, 3.8) is 0 Å². The molecule has 1 aromatic heterocycles. The maximum absolute atomic E-state index is 12.8. The standard InChI is InChI=1S/C18H21FN2O3S/c1-21(11-12-24-15-8-6-14(19)7-9-15)17(22)5-2-10-20-18(23)16-4-3-13-25-16/h3-4,6-9,13H,2,5,10-12H2,1H3,(H,20,23). The van der Waals surface area contributed by atoms with Gasteiger partial charge in [0.15, 0.2) is 0 Å². The van der Waals surface area contributed by atoms with Gasteiger partial charge < -0.3 is 15.0 Å². The number of hydrogen-bond acceptors (Lipinski definition) is 4. The molecule has 0 radical (unpaired) electrons. The van der Waals surface area contributed by atoms with Crippen LogP contribution in [0.2, 0.25) is 0 Å². The van der Waals surface area contributed by atoms with E-state index < -0.39 is 0 Å². The minimum Gasteiger partial charge on any atom is -0.492 e. The van der Waals surface area contributed by atoms with Crippen LogP contribution in [-0.2, 0) is 4.79 Å². The number of nitrogens with zero attached hydrogens (tertiary/aromatic N) is 1. The van der Waals surface area contributed by atoms with Crippen molar-refractivity contribution in [3.05, 3.63) is 52.5 Å². The summed E-state index contributed by atoms with van der Waals surface area (Å²) in [6.07, 6.45) is 0.941. The fourth-order valence-corrected chi connectivity index (χ4v) is 2.72. The lowest BCUT2D eigenvalue weighted by Gasteiger charge is -2.17. The number of ether oxygens (including phenoxy) is 1. The molecule has 5 nitrogen and oxygen atoms in total. The average molecular weight is 364 g/mol. The molecule has 0 aliphatic rings. The Morgan fingerprint density at radius 2 is 2.00 bits per heavy atom. The Hall–Kier alpha value is -2.41. The second-order valence-electron chi connectivity index (χ2n) is 5.45. The lowest BCUT2D eigenvalue weighted by molar-refractivity contribution is -0.130. The zero-order valence-corrected chi connectivity index (χ0v) is 14.9. The first-order valence-corrected chi connectivity index (χ1v) is 8.88. The van der Waals surface area contributed by atoms with Gasteiger partial charge >= 0.3 is 0 Å². The van der Waals surface area contributed by atoms with Crippen LogP contribution in [0, 0.1) is 5.82 Å². The molecule has 0 bridgehead atoms. The minimum absolute atomic E-state index is 0.00641. The van der Waals surface area contributed by atoms with E-state index in [1.165, 1.54) is 23.5 Å². The first kappa shape index (κ1) is 18.9. The molecular formula is C18H21FN2O3S. The van der Waals surface area contributed by atoms with E-state index in [4.69, 9.17) is 4.74 Å². The smallest absolute Gasteiger partial charge is 0.261 e. The van der Waals surface area contributed by atoms with Crippen molar-refractivity contribution < 1.29 is 18.7 Å². The number of rotatable bonds is 9. The van der Waals surface area contributed by atoms with Crippen LogP contribution in [0.5, 0.6) is 5.75 Å². The minimum atomic E-state index is -0.314. The van der Waals surface area contributed by atoms with E-state index in [-0.39, 0.29) is 17.6 Å². The summed E-state index contributed by atoms with van der Waals surface area (Å²) in [5.41, 5.74) is 0. The number of nitrogens with one attached hydrogen (secondary N) is 1. The van der Waals surface area contributed by atoms with Gasteiger partial charge in [-0.25, -0.2) is 4.39 Å². The van der Waals surface area contributed by atoms with Gasteiger partial charge in [0.25, 0.3) is 5.91 Å². The Morgan fingerprint density at radius 3 is 2.68 bits per heavy atom. The number of carbonyl (C=O) groups excluding carboxylic acids is 2. The lowest BCUT2D eigenvalue weighted by atomic mass is 10.2. The highest BCUT2D eigenvalue weighted by Gasteiger charge is 2.10. The molecule has 0 spiro atoms. The number of halogens is 1. The molecule has 2 aromatic rings. The Morgan fingerprint density at radius 1 is 1.24 bits per heavy atom. The molecule has 0 saturated carbocycles. The van der Waals surface area contributed by atoms with E-state index in [0.29, 0.717) is 43.2 Å². The van der Waals surface area contributed by atoms with Gasteiger partial charge in [0.05, 0.1) is 11.4 Å². The highest BCUT2D eigenvalue weighted by molar-refractivity contribution is 7.12. The zero-order valence-electron chi connectivity index (χ0n) is 14.0. The SMILES string of the molecule is CN(CCOc1ccc(F)cc1)C(=O)CCCNC(=O)c1cccs1. The third-order valence-electron chi connectivity index (χ3n) is 3.53. The van der Waals surface area contributed by atoms with Gasteiger partial charge in [0.1, 0.15) is 18.2 Å². The van der Waals surface area contributed by atoms with Crippen molar-refractivity contribution >= 4 is 23.2 Å². The van der Waals surface area contributed by atoms with E-state index in [1.807, 2.05) is 11.4 Å². The van der Waals surface area contributed by atoms with Gasteiger partial charge in [-0.3, -0.25) is 9.59 Å². The summed E-state index contributed by atoms with van der Waals surface area (Å²) in [5, 5.41) is 4.64. The largest absolute Gasteiger partial charge is 0.492 e. The predicted molar refractivity (Wildman–Crippen MR) is 95.4 cm³/mol. The molecule has 25 heavy (non-hydrogen) atoms. The van der Waals surface area contributed by atoms with Crippen molar-refractivity contribution in [1.82, 2.24) is 10.2 Å². The van der Waals surface area contributed by atoms with Crippen LogP contribution in [0.25, 0.3) is 0 Å². The van der Waals surface area contributed by atoms with Crippen molar-refractivity contribution in [3.8, 4) is 5.75 Å². The molecule has 2 amide bonds. The second kappa shape index (κ2) is 9.78. The Kier molecular flexibility index (Phi) is 7.40. The van der Waals surface area contributed by atoms with Crippen molar-refractivity contribution in [2.45, 2.75) is 12.8 Å². The molecule has 0 unspecified atom stereocenters. The Labute approximate surface area is 150 Å². The van der Waals surface area contributed by atoms with E-state index in [9.17, 15) is 14.0 Å². The fraction of sp³-hybridized carbons (Fsp3) is 0.333. The maximum Gasteiger partial charge on any atom is 0.261 e. The second-order valence-corrected chi connectivity index (χ2v) is 6.40. The zero-order chi connectivity index (χ0) is 18.1. The number of amides is 2. The molecule has 1 aromatic carbocycles. The van der Waals surface area contributed by atoms with E-state index in [1.54, 1.807) is 30.1 Å². The summed E-state index contributed by atoms with van der Waals surface area (Å²) in [7, 11) is 1.71. The van der Waals surface area contributed by atoms with E-state index >= 15 is 0 Å². The van der Waals surface area contributed by atoms with Crippen LogP contribution in [-0.4, -0.2) is 43.5 Å². The molecule has 0 aliphatic carbocycles. The summed E-state index contributed by atoms with van der Waals surface area (Å²) in [6, 6.07) is 9.34. The summed E-state index contributed by atoms with van der Waals surface area (Å²) in [4.78, 5) is 26.0. The number of thiophene rings is 1. The highest BCUT2D eigenvalue weighted by Crippen LogP contribution is 2.11. The third-order valence-corrected chi connectivity index (χ3v) is 4.40. The molecular weight excluding hydrogens is 343 g/mol. The lowest BCUT2D eigenvalue weighted by Crippen LogP contribution is -2.31. The van der Waals surface area contributed by atoms with Gasteiger partial charge in [-0.2, -0.15) is 0 Å². The van der Waals surface area contributed by atoms with Crippen molar-refractivity contribution in [2.75, 3.05) is 26.7 Å². The van der Waals surface area contributed by atoms with Crippen LogP contribution in [0.4, 0.5) is 4.39 Å². The summed E-state index contributed by atoms with van der Waals surface area (Å²) in [6.45, 7) is 1.24. The Balaban J connectivity index is 1.58. The van der Waals surface area contributed by atoms with Crippen molar-refractivity contribution in [1.29, 1.82) is 0 Å². The van der Waals surface area contributed by atoms with E-state index in [0.717, 1.165) is 0 Å². The molecule has 0 atom stereocenters. The molecule has 1 N–H and O–H groups in total. The summed E-state index contributed by atoms with van der Waals surface area (Å²) >= 11 is 1.39. The van der Waals surface area contributed by atoms with Crippen LogP contribution in [0.15, 0.2) is 41.8 Å².